The molecule has 1 aliphatic rings. The van der Waals surface area contributed by atoms with Crippen LogP contribution in [0.1, 0.15) is 25.3 Å². The highest BCUT2D eigenvalue weighted by molar-refractivity contribution is 7.89. The molecule has 0 saturated heterocycles. The van der Waals surface area contributed by atoms with Gasteiger partial charge in [-0.1, -0.05) is 48.9 Å². The Labute approximate surface area is 142 Å². The Morgan fingerprint density at radius 1 is 1.09 bits per heavy atom. The van der Waals surface area contributed by atoms with Crippen molar-refractivity contribution in [2.45, 2.75) is 24.7 Å². The Hall–Kier alpha value is -1.78. The summed E-state index contributed by atoms with van der Waals surface area (Å²) in [4.78, 5) is 0.317. The van der Waals surface area contributed by atoms with Gasteiger partial charge in [0.2, 0.25) is 0 Å². The van der Waals surface area contributed by atoms with Crippen LogP contribution in [0, 0.1) is 0 Å². The van der Waals surface area contributed by atoms with Gasteiger partial charge in [0.15, 0.2) is 0 Å². The average Bonchev–Trinajstić information content (AvgIpc) is 3.00. The minimum atomic E-state index is -3.56. The molecular formula is C18H18ClNO2S. The zero-order valence-electron chi connectivity index (χ0n) is 12.9. The molecule has 0 saturated carbocycles. The molecular weight excluding hydrogens is 330 g/mol. The van der Waals surface area contributed by atoms with E-state index in [0.717, 1.165) is 29.7 Å². The predicted molar refractivity (Wildman–Crippen MR) is 93.6 cm³/mol. The van der Waals surface area contributed by atoms with Crippen LogP contribution in [0.4, 0.5) is 0 Å². The Bertz CT molecular complexity index is 844. The molecule has 0 atom stereocenters. The first kappa shape index (κ1) is 16.1. The lowest BCUT2D eigenvalue weighted by Crippen LogP contribution is -2.27. The molecule has 0 N–H and O–H groups in total. The van der Waals surface area contributed by atoms with Crippen molar-refractivity contribution in [2.75, 3.05) is 6.54 Å². The number of hydrogen-bond acceptors (Lipinski definition) is 2. The summed E-state index contributed by atoms with van der Waals surface area (Å²) >= 11 is 6.10. The van der Waals surface area contributed by atoms with Gasteiger partial charge in [-0.25, -0.2) is 8.42 Å². The van der Waals surface area contributed by atoms with Crippen LogP contribution in [0.25, 0.3) is 5.70 Å². The number of nitrogens with zero attached hydrogens (tertiary/aromatic N) is 1. The lowest BCUT2D eigenvalue weighted by molar-refractivity contribution is 0.525. The highest BCUT2D eigenvalue weighted by Crippen LogP contribution is 2.37. The van der Waals surface area contributed by atoms with Crippen LogP contribution >= 0.6 is 11.6 Å². The third kappa shape index (κ3) is 3.01. The highest BCUT2D eigenvalue weighted by atomic mass is 35.5. The van der Waals surface area contributed by atoms with E-state index in [2.05, 4.69) is 6.92 Å². The molecule has 5 heteroatoms. The standard InChI is InChI=1S/C18H18ClNO2S/c1-2-14-11-12-20(18(14)15-7-6-8-16(19)13-15)23(21,22)17-9-4-3-5-10-17/h3-10,13H,2,11-12H2,1H3. The fourth-order valence-electron chi connectivity index (χ4n) is 2.93. The molecule has 0 fully saturated rings. The molecule has 0 aromatic heterocycles. The zero-order valence-corrected chi connectivity index (χ0v) is 14.4. The van der Waals surface area contributed by atoms with E-state index in [9.17, 15) is 8.42 Å². The minimum Gasteiger partial charge on any atom is -0.265 e. The van der Waals surface area contributed by atoms with Crippen LogP contribution in [0.3, 0.4) is 0 Å². The topological polar surface area (TPSA) is 37.4 Å². The monoisotopic (exact) mass is 347 g/mol. The third-order valence-electron chi connectivity index (χ3n) is 4.06. The van der Waals surface area contributed by atoms with E-state index >= 15 is 0 Å². The van der Waals surface area contributed by atoms with Crippen LogP contribution < -0.4 is 0 Å². The van der Waals surface area contributed by atoms with Gasteiger partial charge in [-0.2, -0.15) is 0 Å². The van der Waals surface area contributed by atoms with E-state index in [1.54, 1.807) is 30.3 Å². The second-order valence-corrected chi connectivity index (χ2v) is 7.76. The first-order chi connectivity index (χ1) is 11.0. The molecule has 3 nitrogen and oxygen atoms in total. The second-order valence-electron chi connectivity index (χ2n) is 5.46. The van der Waals surface area contributed by atoms with Crippen molar-refractivity contribution >= 4 is 27.3 Å². The van der Waals surface area contributed by atoms with Gasteiger partial charge in [0, 0.05) is 17.1 Å². The summed E-state index contributed by atoms with van der Waals surface area (Å²) in [6, 6.07) is 15.9. The maximum atomic E-state index is 13.0. The number of halogens is 1. The second kappa shape index (κ2) is 6.38. The highest BCUT2D eigenvalue weighted by Gasteiger charge is 2.33. The van der Waals surface area contributed by atoms with Crippen LogP contribution in [-0.2, 0) is 10.0 Å². The smallest absolute Gasteiger partial charge is 0.264 e. The van der Waals surface area contributed by atoms with Crippen LogP contribution in [0.2, 0.25) is 5.02 Å². The number of benzene rings is 2. The van der Waals surface area contributed by atoms with E-state index < -0.39 is 10.0 Å². The van der Waals surface area contributed by atoms with Crippen molar-refractivity contribution in [3.63, 3.8) is 0 Å². The number of rotatable bonds is 4. The fraction of sp³-hybridized carbons (Fsp3) is 0.222. The van der Waals surface area contributed by atoms with Gasteiger partial charge >= 0.3 is 0 Å². The molecule has 3 rings (SSSR count). The molecule has 0 unspecified atom stereocenters. The van der Waals surface area contributed by atoms with Crippen molar-refractivity contribution in [2.24, 2.45) is 0 Å². The summed E-state index contributed by atoms with van der Waals surface area (Å²) in [6.07, 6.45) is 1.58. The summed E-state index contributed by atoms with van der Waals surface area (Å²) in [7, 11) is -3.56. The molecule has 1 aliphatic heterocycles. The number of sulfonamides is 1. The lowest BCUT2D eigenvalue weighted by atomic mass is 10.1. The first-order valence-electron chi connectivity index (χ1n) is 7.60. The van der Waals surface area contributed by atoms with Crippen molar-refractivity contribution in [3.8, 4) is 0 Å². The van der Waals surface area contributed by atoms with Gasteiger partial charge in [0.25, 0.3) is 10.0 Å². The summed E-state index contributed by atoms with van der Waals surface area (Å²) in [5, 5.41) is 0.606. The Morgan fingerprint density at radius 3 is 2.48 bits per heavy atom. The molecule has 0 aliphatic carbocycles. The average molecular weight is 348 g/mol. The molecule has 0 bridgehead atoms. The van der Waals surface area contributed by atoms with E-state index in [0.29, 0.717) is 16.5 Å². The van der Waals surface area contributed by atoms with Gasteiger partial charge in [-0.05, 0) is 42.7 Å². The molecule has 2 aromatic rings. The minimum absolute atomic E-state index is 0.317. The largest absolute Gasteiger partial charge is 0.265 e. The van der Waals surface area contributed by atoms with Crippen molar-refractivity contribution < 1.29 is 8.42 Å². The van der Waals surface area contributed by atoms with Gasteiger partial charge in [0.1, 0.15) is 0 Å². The molecule has 2 aromatic carbocycles. The third-order valence-corrected chi connectivity index (χ3v) is 6.11. The first-order valence-corrected chi connectivity index (χ1v) is 9.41. The molecule has 0 amide bonds. The van der Waals surface area contributed by atoms with E-state index in [1.807, 2.05) is 24.3 Å². The fourth-order valence-corrected chi connectivity index (χ4v) is 4.68. The quantitative estimate of drug-likeness (QED) is 0.813. The van der Waals surface area contributed by atoms with Gasteiger partial charge in [-0.15, -0.1) is 0 Å². The van der Waals surface area contributed by atoms with Crippen LogP contribution in [-0.4, -0.2) is 19.3 Å². The maximum Gasteiger partial charge on any atom is 0.264 e. The van der Waals surface area contributed by atoms with E-state index in [4.69, 9.17) is 11.6 Å². The molecule has 0 spiro atoms. The van der Waals surface area contributed by atoms with Crippen molar-refractivity contribution in [1.29, 1.82) is 0 Å². The Balaban J connectivity index is 2.11. The Morgan fingerprint density at radius 2 is 1.83 bits per heavy atom. The van der Waals surface area contributed by atoms with Crippen LogP contribution in [0.15, 0.2) is 65.1 Å². The van der Waals surface area contributed by atoms with Gasteiger partial charge in [-0.3, -0.25) is 4.31 Å². The molecule has 23 heavy (non-hydrogen) atoms. The summed E-state index contributed by atoms with van der Waals surface area (Å²) in [5.74, 6) is 0. The summed E-state index contributed by atoms with van der Waals surface area (Å²) in [5.41, 5.74) is 2.77. The van der Waals surface area contributed by atoms with Gasteiger partial charge < -0.3 is 0 Å². The predicted octanol–water partition coefficient (Wildman–Crippen LogP) is 4.56. The molecule has 0 radical (unpaired) electrons. The van der Waals surface area contributed by atoms with Crippen molar-refractivity contribution in [3.05, 3.63) is 70.8 Å². The summed E-state index contributed by atoms with van der Waals surface area (Å²) in [6.45, 7) is 2.53. The van der Waals surface area contributed by atoms with Crippen LogP contribution in [0.5, 0.6) is 0 Å². The SMILES string of the molecule is CCC1=C(c2cccc(Cl)c2)N(S(=O)(=O)c2ccccc2)CC1. The van der Waals surface area contributed by atoms with Crippen molar-refractivity contribution in [1.82, 2.24) is 4.31 Å². The maximum absolute atomic E-state index is 13.0. The molecule has 120 valence electrons. The van der Waals surface area contributed by atoms with E-state index in [1.165, 1.54) is 4.31 Å². The molecule has 1 heterocycles. The number of hydrogen-bond donors (Lipinski definition) is 0. The Kier molecular flexibility index (Phi) is 4.46. The van der Waals surface area contributed by atoms with E-state index in [-0.39, 0.29) is 0 Å². The van der Waals surface area contributed by atoms with Gasteiger partial charge in [0.05, 0.1) is 10.6 Å². The lowest BCUT2D eigenvalue weighted by Gasteiger charge is -2.23. The normalized spacial score (nSPS) is 15.3. The zero-order chi connectivity index (χ0) is 16.4. The summed E-state index contributed by atoms with van der Waals surface area (Å²) < 4.78 is 27.6.